The van der Waals surface area contributed by atoms with E-state index in [9.17, 15) is 19.5 Å². The van der Waals surface area contributed by atoms with Crippen molar-refractivity contribution in [3.8, 4) is 11.5 Å². The third-order valence-corrected chi connectivity index (χ3v) is 5.41. The molecule has 8 heteroatoms. The summed E-state index contributed by atoms with van der Waals surface area (Å²) in [6.45, 7) is 4.86. The highest BCUT2D eigenvalue weighted by molar-refractivity contribution is 7.99. The number of phenolic OH excluding ortho intramolecular Hbond substituents is 1. The number of hydrogen-bond donors (Lipinski definition) is 1. The number of ether oxygens (including phenoxy) is 2. The van der Waals surface area contributed by atoms with Gasteiger partial charge < -0.3 is 14.6 Å². The molecule has 166 valence electrons. The Bertz CT molecular complexity index is 926. The smallest absolute Gasteiger partial charge is 0.303 e. The van der Waals surface area contributed by atoms with E-state index < -0.39 is 5.97 Å². The predicted octanol–water partition coefficient (Wildman–Crippen LogP) is 4.25. The van der Waals surface area contributed by atoms with Crippen LogP contribution >= 0.6 is 11.8 Å². The van der Waals surface area contributed by atoms with Gasteiger partial charge in [0.15, 0.2) is 12.4 Å². The van der Waals surface area contributed by atoms with Gasteiger partial charge in [0.1, 0.15) is 11.5 Å². The fourth-order valence-corrected chi connectivity index (χ4v) is 3.59. The van der Waals surface area contributed by atoms with Crippen LogP contribution in [0.2, 0.25) is 0 Å². The van der Waals surface area contributed by atoms with Gasteiger partial charge in [0, 0.05) is 30.0 Å². The van der Waals surface area contributed by atoms with Crippen molar-refractivity contribution in [2.24, 2.45) is 0 Å². The molecule has 1 aromatic carbocycles. The summed E-state index contributed by atoms with van der Waals surface area (Å²) in [5, 5.41) is 11.2. The largest absolute Gasteiger partial charge is 0.507 e. The van der Waals surface area contributed by atoms with Gasteiger partial charge in [-0.2, -0.15) is 0 Å². The molecule has 1 N–H and O–H groups in total. The number of ketones is 2. The average Bonchev–Trinajstić information content (AvgIpc) is 2.74. The van der Waals surface area contributed by atoms with Gasteiger partial charge in [-0.15, -0.1) is 11.8 Å². The minimum Gasteiger partial charge on any atom is -0.507 e. The van der Waals surface area contributed by atoms with Crippen molar-refractivity contribution in [1.82, 2.24) is 4.98 Å². The fraction of sp³-hybridized carbons (Fsp3) is 0.391. The zero-order chi connectivity index (χ0) is 22.8. The highest BCUT2D eigenvalue weighted by Gasteiger charge is 2.16. The number of esters is 1. The maximum atomic E-state index is 11.9. The fourth-order valence-electron chi connectivity index (χ4n) is 2.83. The number of aromatic hydroxyl groups is 1. The Hall–Kier alpha value is -2.87. The Labute approximate surface area is 186 Å². The van der Waals surface area contributed by atoms with Crippen LogP contribution in [-0.4, -0.2) is 46.6 Å². The zero-order valence-electron chi connectivity index (χ0n) is 18.0. The van der Waals surface area contributed by atoms with Crippen LogP contribution < -0.4 is 4.74 Å². The summed E-state index contributed by atoms with van der Waals surface area (Å²) in [4.78, 5) is 38.5. The van der Waals surface area contributed by atoms with E-state index in [-0.39, 0.29) is 23.9 Å². The SMILES string of the molecule is CCCc1c(OCCCSc2ccc(C(=O)COC(C)=O)cn2)ccc(C(C)=O)c1O. The molecule has 0 atom stereocenters. The van der Waals surface area contributed by atoms with Crippen LogP contribution in [0.15, 0.2) is 35.5 Å². The van der Waals surface area contributed by atoms with Crippen LogP contribution in [0.25, 0.3) is 0 Å². The van der Waals surface area contributed by atoms with Crippen molar-refractivity contribution >= 4 is 29.3 Å². The van der Waals surface area contributed by atoms with Gasteiger partial charge in [-0.3, -0.25) is 14.4 Å². The summed E-state index contributed by atoms with van der Waals surface area (Å²) in [5.41, 5.74) is 1.37. The van der Waals surface area contributed by atoms with Gasteiger partial charge in [0.25, 0.3) is 0 Å². The summed E-state index contributed by atoms with van der Waals surface area (Å²) in [7, 11) is 0. The Kier molecular flexibility index (Phi) is 9.52. The van der Waals surface area contributed by atoms with Crippen LogP contribution in [-0.2, 0) is 16.0 Å². The van der Waals surface area contributed by atoms with Crippen LogP contribution in [0.3, 0.4) is 0 Å². The van der Waals surface area contributed by atoms with Gasteiger partial charge in [0.05, 0.1) is 17.2 Å². The third-order valence-electron chi connectivity index (χ3n) is 4.38. The Morgan fingerprint density at radius 3 is 2.52 bits per heavy atom. The van der Waals surface area contributed by atoms with Gasteiger partial charge >= 0.3 is 5.97 Å². The van der Waals surface area contributed by atoms with Gasteiger partial charge in [0.2, 0.25) is 5.78 Å². The van der Waals surface area contributed by atoms with Gasteiger partial charge in [-0.1, -0.05) is 13.3 Å². The second kappa shape index (κ2) is 12.1. The molecule has 2 aromatic rings. The van der Waals surface area contributed by atoms with E-state index in [1.54, 1.807) is 24.3 Å². The zero-order valence-corrected chi connectivity index (χ0v) is 18.8. The van der Waals surface area contributed by atoms with E-state index in [1.807, 2.05) is 6.92 Å². The number of pyridine rings is 1. The number of benzene rings is 1. The maximum Gasteiger partial charge on any atom is 0.303 e. The standard InChI is InChI=1S/C23H27NO6S/c1-4-6-19-21(9-8-18(15(2)25)23(19)28)29-11-5-12-31-22-10-7-17(13-24-22)20(27)14-30-16(3)26/h7-10,13,28H,4-6,11-12,14H2,1-3H3. The second-order valence-corrected chi connectivity index (χ2v) is 8.00. The highest BCUT2D eigenvalue weighted by Crippen LogP contribution is 2.33. The van der Waals surface area contributed by atoms with E-state index >= 15 is 0 Å². The highest BCUT2D eigenvalue weighted by atomic mass is 32.2. The first-order valence-electron chi connectivity index (χ1n) is 10.1. The summed E-state index contributed by atoms with van der Waals surface area (Å²) in [6.07, 6.45) is 3.68. The minimum absolute atomic E-state index is 0.00812. The Balaban J connectivity index is 1.83. The first kappa shape index (κ1) is 24.4. The summed E-state index contributed by atoms with van der Waals surface area (Å²) in [5.74, 6) is 0.396. The monoisotopic (exact) mass is 445 g/mol. The van der Waals surface area contributed by atoms with Crippen molar-refractivity contribution in [3.63, 3.8) is 0 Å². The maximum absolute atomic E-state index is 11.9. The molecule has 0 aliphatic carbocycles. The van der Waals surface area contributed by atoms with Gasteiger partial charge in [-0.25, -0.2) is 4.98 Å². The topological polar surface area (TPSA) is 103 Å². The molecule has 0 radical (unpaired) electrons. The third kappa shape index (κ3) is 7.40. The summed E-state index contributed by atoms with van der Waals surface area (Å²) < 4.78 is 10.5. The molecule has 2 rings (SSSR count). The normalized spacial score (nSPS) is 10.5. The molecular weight excluding hydrogens is 418 g/mol. The van der Waals surface area contributed by atoms with Crippen LogP contribution in [0.5, 0.6) is 11.5 Å². The molecule has 7 nitrogen and oxygen atoms in total. The number of hydrogen-bond acceptors (Lipinski definition) is 8. The number of aromatic nitrogens is 1. The molecule has 1 heterocycles. The molecule has 0 aliphatic rings. The quantitative estimate of drug-likeness (QED) is 0.224. The number of carbonyl (C=O) groups is 3. The average molecular weight is 446 g/mol. The van der Waals surface area contributed by atoms with E-state index in [0.717, 1.165) is 23.6 Å². The molecule has 0 saturated heterocycles. The molecule has 0 spiro atoms. The van der Waals surface area contributed by atoms with E-state index in [1.165, 1.54) is 31.8 Å². The molecule has 31 heavy (non-hydrogen) atoms. The minimum atomic E-state index is -0.498. The van der Waals surface area contributed by atoms with Crippen LogP contribution in [0, 0.1) is 0 Å². The molecule has 1 aromatic heterocycles. The lowest BCUT2D eigenvalue weighted by Crippen LogP contribution is -2.12. The molecule has 0 fully saturated rings. The summed E-state index contributed by atoms with van der Waals surface area (Å²) >= 11 is 1.54. The van der Waals surface area contributed by atoms with E-state index in [0.29, 0.717) is 35.5 Å². The van der Waals surface area contributed by atoms with Crippen LogP contribution in [0.4, 0.5) is 0 Å². The Morgan fingerprint density at radius 2 is 1.90 bits per heavy atom. The lowest BCUT2D eigenvalue weighted by Gasteiger charge is -2.14. The van der Waals surface area contributed by atoms with Gasteiger partial charge in [-0.05, 0) is 44.0 Å². The van der Waals surface area contributed by atoms with Crippen molar-refractivity contribution in [2.75, 3.05) is 19.0 Å². The Morgan fingerprint density at radius 1 is 1.13 bits per heavy atom. The number of rotatable bonds is 12. The van der Waals surface area contributed by atoms with Crippen molar-refractivity contribution in [2.45, 2.75) is 45.1 Å². The molecule has 0 amide bonds. The second-order valence-electron chi connectivity index (χ2n) is 6.88. The first-order valence-corrected chi connectivity index (χ1v) is 11.1. The number of nitrogens with zero attached hydrogens (tertiary/aromatic N) is 1. The predicted molar refractivity (Wildman–Crippen MR) is 118 cm³/mol. The molecular formula is C23H27NO6S. The summed E-state index contributed by atoms with van der Waals surface area (Å²) in [6, 6.07) is 6.75. The van der Waals surface area contributed by atoms with Crippen molar-refractivity contribution in [3.05, 3.63) is 47.2 Å². The molecule has 0 aliphatic heterocycles. The molecule has 0 unspecified atom stereocenters. The first-order chi connectivity index (χ1) is 14.8. The van der Waals surface area contributed by atoms with Crippen molar-refractivity contribution < 1.29 is 29.0 Å². The number of thioether (sulfide) groups is 1. The van der Waals surface area contributed by atoms with Crippen molar-refractivity contribution in [1.29, 1.82) is 0 Å². The molecule has 0 bridgehead atoms. The number of carbonyl (C=O) groups excluding carboxylic acids is 3. The number of Topliss-reactive ketones (excluding diaryl/α,β-unsaturated/α-hetero) is 2. The molecule has 0 saturated carbocycles. The van der Waals surface area contributed by atoms with E-state index in [4.69, 9.17) is 9.47 Å². The van der Waals surface area contributed by atoms with E-state index in [2.05, 4.69) is 4.98 Å². The lowest BCUT2D eigenvalue weighted by molar-refractivity contribution is -0.139. The van der Waals surface area contributed by atoms with Crippen LogP contribution in [0.1, 0.15) is 59.9 Å². The number of phenols is 1. The lowest BCUT2D eigenvalue weighted by atomic mass is 10.0.